The molecule has 3 heterocycles. The van der Waals surface area contributed by atoms with Gasteiger partial charge in [-0.25, -0.2) is 0 Å². The second-order valence-electron chi connectivity index (χ2n) is 7.02. The molecule has 0 aromatic carbocycles. The number of nitrogens with zero attached hydrogens (tertiary/aromatic N) is 3. The van der Waals surface area contributed by atoms with E-state index in [0.717, 1.165) is 32.5 Å². The molecule has 3 rings (SSSR count). The molecule has 1 aromatic rings. The third-order valence-electron chi connectivity index (χ3n) is 5.09. The average molecular weight is 341 g/mol. The number of carbonyl (C=O) groups excluding carboxylic acids is 1. The summed E-state index contributed by atoms with van der Waals surface area (Å²) in [6.45, 7) is 7.31. The van der Waals surface area contributed by atoms with Crippen LogP contribution in [-0.2, 0) is 0 Å². The van der Waals surface area contributed by atoms with Crippen molar-refractivity contribution in [2.45, 2.75) is 58.0 Å². The van der Waals surface area contributed by atoms with Crippen LogP contribution in [-0.4, -0.2) is 46.3 Å². The Morgan fingerprint density at radius 2 is 2.09 bits per heavy atom. The van der Waals surface area contributed by atoms with E-state index in [2.05, 4.69) is 24.3 Å². The number of halogens is 1. The predicted octanol–water partition coefficient (Wildman–Crippen LogP) is 2.88. The summed E-state index contributed by atoms with van der Waals surface area (Å²) in [4.78, 5) is 14.9. The van der Waals surface area contributed by atoms with Crippen LogP contribution in [0.3, 0.4) is 0 Å². The molecule has 1 aromatic heterocycles. The molecule has 23 heavy (non-hydrogen) atoms. The normalized spacial score (nSPS) is 28.8. The maximum absolute atomic E-state index is 12.8. The Bertz CT molecular complexity index is 512. The number of hydrogen-bond donors (Lipinski definition) is 1. The first kappa shape index (κ1) is 18.3. The van der Waals surface area contributed by atoms with Gasteiger partial charge in [0.25, 0.3) is 5.91 Å². The van der Waals surface area contributed by atoms with Gasteiger partial charge in [0.1, 0.15) is 5.69 Å². The number of rotatable bonds is 2. The van der Waals surface area contributed by atoms with E-state index in [1.807, 2.05) is 21.8 Å². The molecule has 1 N–H and O–H groups in total. The van der Waals surface area contributed by atoms with Crippen molar-refractivity contribution < 1.29 is 4.79 Å². The quantitative estimate of drug-likeness (QED) is 0.900. The molecule has 2 fully saturated rings. The van der Waals surface area contributed by atoms with Crippen LogP contribution in [0.4, 0.5) is 0 Å². The van der Waals surface area contributed by atoms with Gasteiger partial charge in [0.05, 0.1) is 6.04 Å². The lowest BCUT2D eigenvalue weighted by Gasteiger charge is -2.28. The standard InChI is InChI=1S/C17H28N4O.ClH/c1-13-5-3-6-14(2)20(12-13)17(22)16-8-10-21(19-16)15-7-4-9-18-11-15;/h8,10,13-15,18H,3-7,9,11-12H2,1-2H3;1H. The summed E-state index contributed by atoms with van der Waals surface area (Å²) in [6, 6.07) is 2.59. The van der Waals surface area contributed by atoms with E-state index in [1.54, 1.807) is 0 Å². The van der Waals surface area contributed by atoms with Crippen LogP contribution in [0.25, 0.3) is 0 Å². The van der Waals surface area contributed by atoms with Gasteiger partial charge in [0, 0.05) is 25.3 Å². The number of likely N-dealkylation sites (tertiary alicyclic amines) is 1. The molecule has 5 nitrogen and oxygen atoms in total. The first-order valence-electron chi connectivity index (χ1n) is 8.72. The second-order valence-corrected chi connectivity index (χ2v) is 7.02. The van der Waals surface area contributed by atoms with Gasteiger partial charge < -0.3 is 10.2 Å². The Labute approximate surface area is 145 Å². The van der Waals surface area contributed by atoms with Gasteiger partial charge in [0.15, 0.2) is 0 Å². The second kappa shape index (κ2) is 8.15. The smallest absolute Gasteiger partial charge is 0.274 e. The number of aromatic nitrogens is 2. The number of hydrogen-bond acceptors (Lipinski definition) is 3. The van der Waals surface area contributed by atoms with Crippen LogP contribution < -0.4 is 5.32 Å². The van der Waals surface area contributed by atoms with E-state index >= 15 is 0 Å². The highest BCUT2D eigenvalue weighted by Gasteiger charge is 2.27. The fraction of sp³-hybridized carbons (Fsp3) is 0.765. The molecule has 0 bridgehead atoms. The summed E-state index contributed by atoms with van der Waals surface area (Å²) in [6.07, 6.45) is 7.82. The lowest BCUT2D eigenvalue weighted by atomic mass is 10.1. The molecule has 3 unspecified atom stereocenters. The summed E-state index contributed by atoms with van der Waals surface area (Å²) in [7, 11) is 0. The highest BCUT2D eigenvalue weighted by molar-refractivity contribution is 5.92. The van der Waals surface area contributed by atoms with E-state index < -0.39 is 0 Å². The highest BCUT2D eigenvalue weighted by atomic mass is 35.5. The van der Waals surface area contributed by atoms with E-state index in [9.17, 15) is 4.79 Å². The summed E-state index contributed by atoms with van der Waals surface area (Å²) >= 11 is 0. The molecule has 3 atom stereocenters. The van der Waals surface area contributed by atoms with Crippen LogP contribution in [0.1, 0.15) is 62.5 Å². The van der Waals surface area contributed by atoms with Gasteiger partial charge in [0.2, 0.25) is 0 Å². The van der Waals surface area contributed by atoms with Crippen molar-refractivity contribution in [3.63, 3.8) is 0 Å². The molecule has 1 amide bonds. The Morgan fingerprint density at radius 1 is 1.26 bits per heavy atom. The minimum Gasteiger partial charge on any atom is -0.334 e. The predicted molar refractivity (Wildman–Crippen MR) is 94.1 cm³/mol. The van der Waals surface area contributed by atoms with Gasteiger partial charge >= 0.3 is 0 Å². The van der Waals surface area contributed by atoms with E-state index in [4.69, 9.17) is 0 Å². The molecule has 2 aliphatic rings. The summed E-state index contributed by atoms with van der Waals surface area (Å²) in [5.41, 5.74) is 0.603. The maximum atomic E-state index is 12.8. The largest absolute Gasteiger partial charge is 0.334 e. The van der Waals surface area contributed by atoms with Crippen LogP contribution in [0, 0.1) is 5.92 Å². The number of carbonyl (C=O) groups is 1. The Kier molecular flexibility index (Phi) is 6.48. The third kappa shape index (κ3) is 4.27. The SMILES string of the molecule is CC1CCCC(C)N(C(=O)c2ccn(C3CCCNC3)n2)C1.Cl. The van der Waals surface area contributed by atoms with Crippen molar-refractivity contribution in [2.75, 3.05) is 19.6 Å². The molecular weight excluding hydrogens is 312 g/mol. The fourth-order valence-electron chi connectivity index (χ4n) is 3.67. The van der Waals surface area contributed by atoms with E-state index in [1.165, 1.54) is 19.3 Å². The minimum atomic E-state index is 0. The van der Waals surface area contributed by atoms with Crippen molar-refractivity contribution >= 4 is 18.3 Å². The molecule has 0 spiro atoms. The van der Waals surface area contributed by atoms with E-state index in [-0.39, 0.29) is 18.3 Å². The lowest BCUT2D eigenvalue weighted by molar-refractivity contribution is 0.0670. The monoisotopic (exact) mass is 340 g/mol. The average Bonchev–Trinajstić information content (AvgIpc) is 2.96. The van der Waals surface area contributed by atoms with Crippen molar-refractivity contribution in [3.8, 4) is 0 Å². The zero-order chi connectivity index (χ0) is 15.5. The van der Waals surface area contributed by atoms with Gasteiger partial charge in [-0.2, -0.15) is 5.10 Å². The minimum absolute atomic E-state index is 0. The van der Waals surface area contributed by atoms with Crippen molar-refractivity contribution in [3.05, 3.63) is 18.0 Å². The van der Waals surface area contributed by atoms with Crippen LogP contribution in [0.5, 0.6) is 0 Å². The molecule has 0 saturated carbocycles. The molecule has 130 valence electrons. The molecule has 6 heteroatoms. The summed E-state index contributed by atoms with van der Waals surface area (Å²) in [5, 5.41) is 7.98. The molecule has 0 aliphatic carbocycles. The van der Waals surface area contributed by atoms with Crippen molar-refractivity contribution in [2.24, 2.45) is 5.92 Å². The van der Waals surface area contributed by atoms with Crippen LogP contribution in [0.15, 0.2) is 12.3 Å². The maximum Gasteiger partial charge on any atom is 0.274 e. The Morgan fingerprint density at radius 3 is 2.83 bits per heavy atom. The summed E-state index contributed by atoms with van der Waals surface area (Å²) in [5.74, 6) is 0.683. The first-order chi connectivity index (χ1) is 10.6. The molecular formula is C17H29ClN4O. The number of amides is 1. The molecule has 0 radical (unpaired) electrons. The van der Waals surface area contributed by atoms with E-state index in [0.29, 0.717) is 23.7 Å². The van der Waals surface area contributed by atoms with Gasteiger partial charge in [-0.15, -0.1) is 12.4 Å². The Hall–Kier alpha value is -1.07. The lowest BCUT2D eigenvalue weighted by Crippen LogP contribution is -2.40. The number of piperidine rings is 1. The Balaban J connectivity index is 0.00000192. The number of nitrogens with one attached hydrogen (secondary N) is 1. The molecule has 2 aliphatic heterocycles. The first-order valence-corrected chi connectivity index (χ1v) is 8.72. The summed E-state index contributed by atoms with van der Waals surface area (Å²) < 4.78 is 1.98. The van der Waals surface area contributed by atoms with Crippen LogP contribution >= 0.6 is 12.4 Å². The molecule has 2 saturated heterocycles. The van der Waals surface area contributed by atoms with Crippen molar-refractivity contribution in [1.82, 2.24) is 20.0 Å². The fourth-order valence-corrected chi connectivity index (χ4v) is 3.67. The van der Waals surface area contributed by atoms with Gasteiger partial charge in [-0.05, 0) is 51.1 Å². The van der Waals surface area contributed by atoms with Gasteiger partial charge in [-0.1, -0.05) is 13.3 Å². The zero-order valence-corrected chi connectivity index (χ0v) is 15.0. The third-order valence-corrected chi connectivity index (χ3v) is 5.09. The van der Waals surface area contributed by atoms with Crippen LogP contribution in [0.2, 0.25) is 0 Å². The van der Waals surface area contributed by atoms with Gasteiger partial charge in [-0.3, -0.25) is 9.48 Å². The topological polar surface area (TPSA) is 50.2 Å². The zero-order valence-electron chi connectivity index (χ0n) is 14.2. The van der Waals surface area contributed by atoms with Crippen molar-refractivity contribution in [1.29, 1.82) is 0 Å². The highest BCUT2D eigenvalue weighted by Crippen LogP contribution is 2.23.